The molecule has 0 saturated heterocycles. The SMILES string of the molecule is O=C(COc1cc(Cl)cc(Cl)c1)Nc1ccc(OC(F)F)cc1. The van der Waals surface area contributed by atoms with Crippen molar-refractivity contribution in [2.75, 3.05) is 11.9 Å². The quantitative estimate of drug-likeness (QED) is 0.816. The fourth-order valence-electron chi connectivity index (χ4n) is 1.68. The lowest BCUT2D eigenvalue weighted by Gasteiger charge is -2.09. The van der Waals surface area contributed by atoms with Crippen molar-refractivity contribution in [1.29, 1.82) is 0 Å². The standard InChI is InChI=1S/C15H11Cl2F2NO3/c16-9-5-10(17)7-13(6-9)22-8-14(21)20-11-1-3-12(4-2-11)23-15(18)19/h1-7,15H,8H2,(H,20,21). The maximum atomic E-state index is 12.0. The molecular formula is C15H11Cl2F2NO3. The molecule has 4 nitrogen and oxygen atoms in total. The average molecular weight is 362 g/mol. The summed E-state index contributed by atoms with van der Waals surface area (Å²) < 4.78 is 33.5. The van der Waals surface area contributed by atoms with E-state index in [1.807, 2.05) is 0 Å². The summed E-state index contributed by atoms with van der Waals surface area (Å²) in [4.78, 5) is 11.8. The van der Waals surface area contributed by atoms with Crippen LogP contribution >= 0.6 is 23.2 Å². The summed E-state index contributed by atoms with van der Waals surface area (Å²) >= 11 is 11.6. The minimum Gasteiger partial charge on any atom is -0.484 e. The molecule has 0 aliphatic carbocycles. The van der Waals surface area contributed by atoms with Crippen molar-refractivity contribution in [3.05, 3.63) is 52.5 Å². The lowest BCUT2D eigenvalue weighted by atomic mass is 10.3. The Morgan fingerprint density at radius 1 is 1.04 bits per heavy atom. The first-order valence-electron chi connectivity index (χ1n) is 6.36. The van der Waals surface area contributed by atoms with Gasteiger partial charge in [0, 0.05) is 15.7 Å². The van der Waals surface area contributed by atoms with Crippen LogP contribution in [0.4, 0.5) is 14.5 Å². The maximum absolute atomic E-state index is 12.0. The molecule has 8 heteroatoms. The van der Waals surface area contributed by atoms with Gasteiger partial charge in [0.05, 0.1) is 0 Å². The van der Waals surface area contributed by atoms with E-state index in [0.29, 0.717) is 21.5 Å². The van der Waals surface area contributed by atoms with Gasteiger partial charge in [0.1, 0.15) is 11.5 Å². The Bertz CT molecular complexity index is 661. The highest BCUT2D eigenvalue weighted by Crippen LogP contribution is 2.24. The molecule has 0 spiro atoms. The molecule has 2 aromatic carbocycles. The molecule has 1 N–H and O–H groups in total. The predicted molar refractivity (Wildman–Crippen MR) is 83.7 cm³/mol. The molecule has 0 aliphatic heterocycles. The third-order valence-corrected chi connectivity index (χ3v) is 3.01. The first kappa shape index (κ1) is 17.3. The van der Waals surface area contributed by atoms with Gasteiger partial charge in [0.25, 0.3) is 5.91 Å². The highest BCUT2D eigenvalue weighted by Gasteiger charge is 2.07. The molecule has 2 rings (SSSR count). The normalized spacial score (nSPS) is 10.5. The largest absolute Gasteiger partial charge is 0.484 e. The van der Waals surface area contributed by atoms with Crippen molar-refractivity contribution in [2.45, 2.75) is 6.61 Å². The summed E-state index contributed by atoms with van der Waals surface area (Å²) in [5.74, 6) is -0.0650. The maximum Gasteiger partial charge on any atom is 0.387 e. The van der Waals surface area contributed by atoms with Crippen molar-refractivity contribution in [3.8, 4) is 11.5 Å². The molecule has 23 heavy (non-hydrogen) atoms. The van der Waals surface area contributed by atoms with Crippen LogP contribution in [0, 0.1) is 0 Å². The van der Waals surface area contributed by atoms with E-state index in [0.717, 1.165) is 0 Å². The number of halogens is 4. The van der Waals surface area contributed by atoms with Gasteiger partial charge in [-0.15, -0.1) is 0 Å². The van der Waals surface area contributed by atoms with Crippen molar-refractivity contribution in [1.82, 2.24) is 0 Å². The van der Waals surface area contributed by atoms with Crippen LogP contribution in [0.25, 0.3) is 0 Å². The topological polar surface area (TPSA) is 47.6 Å². The summed E-state index contributed by atoms with van der Waals surface area (Å²) in [5.41, 5.74) is 0.421. The summed E-state index contributed by atoms with van der Waals surface area (Å²) in [5, 5.41) is 3.33. The average Bonchev–Trinajstić information content (AvgIpc) is 2.46. The molecular weight excluding hydrogens is 351 g/mol. The van der Waals surface area contributed by atoms with Gasteiger partial charge in [-0.25, -0.2) is 0 Å². The highest BCUT2D eigenvalue weighted by atomic mass is 35.5. The van der Waals surface area contributed by atoms with Gasteiger partial charge < -0.3 is 14.8 Å². The number of carbonyl (C=O) groups is 1. The third-order valence-electron chi connectivity index (χ3n) is 2.57. The number of anilines is 1. The van der Waals surface area contributed by atoms with Crippen LogP contribution in [-0.2, 0) is 4.79 Å². The molecule has 0 unspecified atom stereocenters. The van der Waals surface area contributed by atoms with E-state index in [1.165, 1.54) is 36.4 Å². The van der Waals surface area contributed by atoms with Crippen molar-refractivity contribution < 1.29 is 23.0 Å². The van der Waals surface area contributed by atoms with Gasteiger partial charge in [-0.05, 0) is 42.5 Å². The monoisotopic (exact) mass is 361 g/mol. The van der Waals surface area contributed by atoms with Gasteiger partial charge in [-0.2, -0.15) is 8.78 Å². The fourth-order valence-corrected chi connectivity index (χ4v) is 2.18. The zero-order valence-corrected chi connectivity index (χ0v) is 13.1. The number of ether oxygens (including phenoxy) is 2. The Morgan fingerprint density at radius 2 is 1.65 bits per heavy atom. The number of hydrogen-bond donors (Lipinski definition) is 1. The molecule has 0 atom stereocenters. The van der Waals surface area contributed by atoms with Gasteiger partial charge in [-0.1, -0.05) is 23.2 Å². The Labute approximate surface area is 140 Å². The van der Waals surface area contributed by atoms with E-state index in [9.17, 15) is 13.6 Å². The summed E-state index contributed by atoms with van der Waals surface area (Å²) in [6.45, 7) is -3.15. The molecule has 0 fully saturated rings. The van der Waals surface area contributed by atoms with Gasteiger partial charge in [0.2, 0.25) is 0 Å². The minimum atomic E-state index is -2.90. The van der Waals surface area contributed by atoms with Crippen LogP contribution in [0.5, 0.6) is 11.5 Å². The van der Waals surface area contributed by atoms with E-state index >= 15 is 0 Å². The Balaban J connectivity index is 1.87. The summed E-state index contributed by atoms with van der Waals surface area (Å²) in [6, 6.07) is 10.1. The molecule has 0 heterocycles. The Hall–Kier alpha value is -2.05. The molecule has 122 valence electrons. The number of hydrogen-bond acceptors (Lipinski definition) is 3. The first-order valence-corrected chi connectivity index (χ1v) is 7.11. The predicted octanol–water partition coefficient (Wildman–Crippen LogP) is 4.61. The van der Waals surface area contributed by atoms with Gasteiger partial charge in [-0.3, -0.25) is 4.79 Å². The number of benzene rings is 2. The Morgan fingerprint density at radius 3 is 2.22 bits per heavy atom. The molecule has 1 amide bonds. The lowest BCUT2D eigenvalue weighted by Crippen LogP contribution is -2.20. The number of alkyl halides is 2. The van der Waals surface area contributed by atoms with E-state index in [1.54, 1.807) is 6.07 Å². The lowest BCUT2D eigenvalue weighted by molar-refractivity contribution is -0.118. The minimum absolute atomic E-state index is 0.00261. The van der Waals surface area contributed by atoms with Crippen molar-refractivity contribution in [2.24, 2.45) is 0 Å². The highest BCUT2D eigenvalue weighted by molar-refractivity contribution is 6.34. The van der Waals surface area contributed by atoms with Crippen LogP contribution in [0.1, 0.15) is 0 Å². The third kappa shape index (κ3) is 5.92. The number of rotatable bonds is 6. The number of amides is 1. The second kappa shape index (κ2) is 7.99. The zero-order chi connectivity index (χ0) is 16.8. The van der Waals surface area contributed by atoms with Crippen LogP contribution in [0.15, 0.2) is 42.5 Å². The smallest absolute Gasteiger partial charge is 0.387 e. The molecule has 0 bridgehead atoms. The van der Waals surface area contributed by atoms with Crippen LogP contribution < -0.4 is 14.8 Å². The molecule has 0 aromatic heterocycles. The van der Waals surface area contributed by atoms with Gasteiger partial charge >= 0.3 is 6.61 Å². The second-order valence-corrected chi connectivity index (χ2v) is 5.22. The van der Waals surface area contributed by atoms with E-state index < -0.39 is 12.5 Å². The van der Waals surface area contributed by atoms with Crippen LogP contribution in [0.2, 0.25) is 10.0 Å². The van der Waals surface area contributed by atoms with Crippen molar-refractivity contribution >= 4 is 34.8 Å². The number of nitrogens with one attached hydrogen (secondary N) is 1. The van der Waals surface area contributed by atoms with Gasteiger partial charge in [0.15, 0.2) is 6.61 Å². The Kier molecular flexibility index (Phi) is 6.01. The number of carbonyl (C=O) groups excluding carboxylic acids is 1. The van der Waals surface area contributed by atoms with Crippen molar-refractivity contribution in [3.63, 3.8) is 0 Å². The van der Waals surface area contributed by atoms with E-state index in [2.05, 4.69) is 10.1 Å². The summed E-state index contributed by atoms with van der Waals surface area (Å²) in [7, 11) is 0. The van der Waals surface area contributed by atoms with E-state index in [-0.39, 0.29) is 12.4 Å². The first-order chi connectivity index (χ1) is 10.9. The van der Waals surface area contributed by atoms with E-state index in [4.69, 9.17) is 27.9 Å². The molecule has 2 aromatic rings. The van der Waals surface area contributed by atoms with Crippen LogP contribution in [-0.4, -0.2) is 19.1 Å². The molecule has 0 radical (unpaired) electrons. The second-order valence-electron chi connectivity index (χ2n) is 4.34. The van der Waals surface area contributed by atoms with Crippen LogP contribution in [0.3, 0.4) is 0 Å². The fraction of sp³-hybridized carbons (Fsp3) is 0.133. The molecule has 0 saturated carbocycles. The summed E-state index contributed by atoms with van der Waals surface area (Å²) in [6.07, 6.45) is 0. The zero-order valence-electron chi connectivity index (χ0n) is 11.6. The molecule has 0 aliphatic rings.